The number of thioether (sulfide) groups is 1. The molecule has 234 valence electrons. The van der Waals surface area contributed by atoms with Crippen LogP contribution in [0.5, 0.6) is 5.75 Å². The average Bonchev–Trinajstić information content (AvgIpc) is 3.59. The number of ether oxygens (including phenoxy) is 1. The molecule has 4 aromatic rings. The Balaban J connectivity index is 1.18. The van der Waals surface area contributed by atoms with Crippen LogP contribution < -0.4 is 15.0 Å². The van der Waals surface area contributed by atoms with Crippen molar-refractivity contribution in [2.75, 3.05) is 17.2 Å². The molecule has 2 heterocycles. The van der Waals surface area contributed by atoms with E-state index in [2.05, 4.69) is 25.1 Å². The first-order valence-electron chi connectivity index (χ1n) is 13.1. The third kappa shape index (κ3) is 7.81. The molecule has 16 heteroatoms. The van der Waals surface area contributed by atoms with Crippen molar-refractivity contribution in [2.24, 2.45) is 4.99 Å². The first-order chi connectivity index (χ1) is 21.3. The molecular weight excluding hydrogens is 626 g/mol. The van der Waals surface area contributed by atoms with Crippen LogP contribution in [-0.4, -0.2) is 50.5 Å². The van der Waals surface area contributed by atoms with Crippen molar-refractivity contribution in [1.82, 2.24) is 20.1 Å². The van der Waals surface area contributed by atoms with Gasteiger partial charge in [-0.15, -0.1) is 18.3 Å². The number of anilines is 1. The summed E-state index contributed by atoms with van der Waals surface area (Å²) in [6.07, 6.45) is -7.68. The largest absolute Gasteiger partial charge is 0.573 e. The number of nitrogens with zero attached hydrogens (tertiary/aromatic N) is 5. The highest BCUT2D eigenvalue weighted by Crippen LogP contribution is 2.39. The van der Waals surface area contributed by atoms with Crippen LogP contribution in [0.1, 0.15) is 16.7 Å². The Morgan fingerprint density at radius 1 is 1.02 bits per heavy atom. The fourth-order valence-corrected chi connectivity index (χ4v) is 5.19. The molecule has 0 saturated carbocycles. The highest BCUT2D eigenvalue weighted by atomic mass is 32.2. The monoisotopic (exact) mass is 648 g/mol. The zero-order valence-corrected chi connectivity index (χ0v) is 24.0. The number of aliphatic imine (C=N–C) groups is 1. The van der Waals surface area contributed by atoms with Crippen LogP contribution in [0.15, 0.2) is 78.0 Å². The van der Waals surface area contributed by atoms with E-state index < -0.39 is 30.0 Å². The van der Waals surface area contributed by atoms with E-state index in [0.29, 0.717) is 29.1 Å². The molecule has 3 amide bonds. The lowest BCUT2D eigenvalue weighted by Crippen LogP contribution is -2.33. The van der Waals surface area contributed by atoms with Crippen molar-refractivity contribution < 1.29 is 40.7 Å². The highest BCUT2D eigenvalue weighted by molar-refractivity contribution is 8.15. The van der Waals surface area contributed by atoms with Gasteiger partial charge in [0.15, 0.2) is 11.0 Å². The number of amides is 3. The molecule has 1 N–H and O–H groups in total. The number of amidine groups is 1. The zero-order valence-electron chi connectivity index (χ0n) is 23.2. The molecule has 1 aromatic heterocycles. The van der Waals surface area contributed by atoms with Gasteiger partial charge in [0.2, 0.25) is 5.91 Å². The number of benzene rings is 3. The van der Waals surface area contributed by atoms with Gasteiger partial charge in [0.1, 0.15) is 12.1 Å². The number of halogens is 6. The predicted molar refractivity (Wildman–Crippen MR) is 154 cm³/mol. The van der Waals surface area contributed by atoms with Crippen LogP contribution in [0.2, 0.25) is 0 Å². The molecule has 0 bridgehead atoms. The average molecular weight is 649 g/mol. The lowest BCUT2D eigenvalue weighted by atomic mass is 10.1. The summed E-state index contributed by atoms with van der Waals surface area (Å²) in [5.74, 6) is -0.755. The molecule has 5 rings (SSSR count). The number of carbonyl (C=O) groups is 2. The summed E-state index contributed by atoms with van der Waals surface area (Å²) in [6.45, 7) is 1.76. The van der Waals surface area contributed by atoms with Crippen LogP contribution >= 0.6 is 11.8 Å². The first-order valence-corrected chi connectivity index (χ1v) is 14.1. The van der Waals surface area contributed by atoms with Crippen molar-refractivity contribution in [3.63, 3.8) is 0 Å². The van der Waals surface area contributed by atoms with Crippen molar-refractivity contribution in [1.29, 1.82) is 0 Å². The predicted octanol–water partition coefficient (Wildman–Crippen LogP) is 6.55. The summed E-state index contributed by atoms with van der Waals surface area (Å²) >= 11 is 0.877. The Hall–Kier alpha value is -4.86. The van der Waals surface area contributed by atoms with Crippen molar-refractivity contribution >= 4 is 34.6 Å². The number of urea groups is 1. The van der Waals surface area contributed by atoms with E-state index >= 15 is 0 Å². The highest BCUT2D eigenvalue weighted by Gasteiger charge is 2.40. The van der Waals surface area contributed by atoms with Gasteiger partial charge in [0.25, 0.3) is 0 Å². The Morgan fingerprint density at radius 2 is 1.73 bits per heavy atom. The van der Waals surface area contributed by atoms with Gasteiger partial charge in [-0.05, 0) is 60.9 Å². The first kappa shape index (κ1) is 31.6. The number of carbonyl (C=O) groups excluding carboxylic acids is 2. The lowest BCUT2D eigenvalue weighted by molar-refractivity contribution is -0.274. The van der Waals surface area contributed by atoms with Crippen LogP contribution in [-0.2, 0) is 17.4 Å². The number of alkyl halides is 6. The van der Waals surface area contributed by atoms with Gasteiger partial charge in [-0.25, -0.2) is 14.5 Å². The van der Waals surface area contributed by atoms with Gasteiger partial charge < -0.3 is 10.1 Å². The van der Waals surface area contributed by atoms with Gasteiger partial charge in [-0.3, -0.25) is 9.69 Å². The molecule has 0 radical (unpaired) electrons. The SMILES string of the molecule is Cc1ccc(C(F)(F)F)c(N2C(=O)CS/C2=N\C(=O)NCCc2ccc(-c3ncn(-c4ccc(OC(F)(F)F)cc4)n3)cc2)c1. The normalized spacial score (nSPS) is 14.7. The molecule has 0 atom stereocenters. The molecule has 3 aromatic carbocycles. The summed E-state index contributed by atoms with van der Waals surface area (Å²) in [6, 6.07) is 14.9. The number of rotatable bonds is 7. The molecule has 1 aliphatic heterocycles. The van der Waals surface area contributed by atoms with E-state index in [1.54, 1.807) is 31.2 Å². The third-order valence-electron chi connectivity index (χ3n) is 6.39. The van der Waals surface area contributed by atoms with E-state index in [1.165, 1.54) is 47.4 Å². The van der Waals surface area contributed by atoms with Gasteiger partial charge in [-0.2, -0.15) is 18.2 Å². The van der Waals surface area contributed by atoms with E-state index in [1.807, 2.05) is 0 Å². The maximum atomic E-state index is 13.6. The van der Waals surface area contributed by atoms with Crippen molar-refractivity contribution in [3.8, 4) is 22.8 Å². The van der Waals surface area contributed by atoms with Gasteiger partial charge in [-0.1, -0.05) is 42.1 Å². The van der Waals surface area contributed by atoms with E-state index in [9.17, 15) is 35.9 Å². The molecule has 1 saturated heterocycles. The van der Waals surface area contributed by atoms with Gasteiger partial charge >= 0.3 is 18.6 Å². The number of hydrogen-bond donors (Lipinski definition) is 1. The van der Waals surface area contributed by atoms with Crippen LogP contribution in [0.25, 0.3) is 17.1 Å². The Labute approximate surface area is 255 Å². The summed E-state index contributed by atoms with van der Waals surface area (Å²) < 4.78 is 83.3. The maximum Gasteiger partial charge on any atom is 0.573 e. The van der Waals surface area contributed by atoms with E-state index in [-0.39, 0.29) is 28.9 Å². The third-order valence-corrected chi connectivity index (χ3v) is 7.31. The standard InChI is InChI=1S/C29H22F6N6O3S/c1-17-2-11-22(28(30,31)32)23(14-17)41-24(42)15-45-27(41)38-26(43)36-13-12-18-3-5-19(6-4-18)25-37-16-40(39-25)20-7-9-21(10-8-20)44-29(33,34)35/h2-11,14,16H,12-13,15H2,1H3,(H,36,43)/b38-27-. The molecule has 0 unspecified atom stereocenters. The maximum absolute atomic E-state index is 13.6. The second kappa shape index (κ2) is 12.6. The molecule has 1 aliphatic rings. The van der Waals surface area contributed by atoms with Crippen LogP contribution in [0.4, 0.5) is 36.8 Å². The Bertz CT molecular complexity index is 1740. The molecule has 0 spiro atoms. The Kier molecular flexibility index (Phi) is 8.86. The number of aryl methyl sites for hydroxylation is 1. The van der Waals surface area contributed by atoms with E-state index in [4.69, 9.17) is 0 Å². The van der Waals surface area contributed by atoms with Crippen molar-refractivity contribution in [2.45, 2.75) is 25.9 Å². The second-order valence-electron chi connectivity index (χ2n) is 9.66. The quantitative estimate of drug-likeness (QED) is 0.228. The second-order valence-corrected chi connectivity index (χ2v) is 10.6. The molecule has 0 aliphatic carbocycles. The smallest absolute Gasteiger partial charge is 0.406 e. The lowest BCUT2D eigenvalue weighted by Gasteiger charge is -2.21. The topological polar surface area (TPSA) is 102 Å². The van der Waals surface area contributed by atoms with Gasteiger partial charge in [0.05, 0.1) is 22.7 Å². The molecule has 9 nitrogen and oxygen atoms in total. The minimum absolute atomic E-state index is 0.143. The molecule has 45 heavy (non-hydrogen) atoms. The van der Waals surface area contributed by atoms with Gasteiger partial charge in [0, 0.05) is 12.1 Å². The van der Waals surface area contributed by atoms with Crippen molar-refractivity contribution in [3.05, 3.63) is 89.7 Å². The van der Waals surface area contributed by atoms with E-state index in [0.717, 1.165) is 28.3 Å². The zero-order chi connectivity index (χ0) is 32.4. The summed E-state index contributed by atoms with van der Waals surface area (Å²) in [5.41, 5.74) is 1.11. The minimum atomic E-state index is -4.79. The number of nitrogens with one attached hydrogen (secondary N) is 1. The molecule has 1 fully saturated rings. The number of aromatic nitrogens is 3. The number of hydrogen-bond acceptors (Lipinski definition) is 6. The summed E-state index contributed by atoms with van der Waals surface area (Å²) in [5, 5.41) is 6.80. The van der Waals surface area contributed by atoms with Crippen LogP contribution in [0, 0.1) is 6.92 Å². The summed E-state index contributed by atoms with van der Waals surface area (Å²) in [7, 11) is 0. The fourth-order valence-electron chi connectivity index (χ4n) is 4.33. The summed E-state index contributed by atoms with van der Waals surface area (Å²) in [4.78, 5) is 33.9. The molecular formula is C29H22F6N6O3S. The Morgan fingerprint density at radius 3 is 2.40 bits per heavy atom. The fraction of sp³-hybridized carbons (Fsp3) is 0.207. The minimum Gasteiger partial charge on any atom is -0.406 e. The van der Waals surface area contributed by atoms with Crippen LogP contribution in [0.3, 0.4) is 0 Å².